The van der Waals surface area contributed by atoms with Crippen LogP contribution in [-0.2, 0) is 9.53 Å². The normalized spacial score (nSPS) is 21.3. The minimum atomic E-state index is -0.446. The molecule has 5 nitrogen and oxygen atoms in total. The maximum absolute atomic E-state index is 12.6. The van der Waals surface area contributed by atoms with E-state index < -0.39 is 5.41 Å². The van der Waals surface area contributed by atoms with Crippen molar-refractivity contribution in [2.45, 2.75) is 34.1 Å². The molecule has 1 atom stereocenters. The summed E-state index contributed by atoms with van der Waals surface area (Å²) in [6.45, 7) is 10.0. The van der Waals surface area contributed by atoms with Gasteiger partial charge in [0.2, 0.25) is 0 Å². The fraction of sp³-hybridized carbons (Fsp3) is 0.588. The van der Waals surface area contributed by atoms with Crippen molar-refractivity contribution < 1.29 is 9.53 Å². The van der Waals surface area contributed by atoms with Crippen molar-refractivity contribution >= 4 is 33.3 Å². The highest BCUT2D eigenvalue weighted by Crippen LogP contribution is 2.42. The average molecular weight is 333 g/mol. The number of aryl methyl sites for hydroxylation is 1. The molecule has 1 fully saturated rings. The highest BCUT2D eigenvalue weighted by Gasteiger charge is 2.48. The summed E-state index contributed by atoms with van der Waals surface area (Å²) >= 11 is 1.68. The van der Waals surface area contributed by atoms with E-state index in [-0.39, 0.29) is 11.9 Å². The molecule has 0 saturated carbocycles. The number of fused-ring (bicyclic) bond motifs is 1. The smallest absolute Gasteiger partial charge is 0.314 e. The number of carbonyl (C=O) groups excluding carboxylic acids is 1. The first-order valence-electron chi connectivity index (χ1n) is 8.11. The second-order valence-electron chi connectivity index (χ2n) is 6.48. The largest absolute Gasteiger partial charge is 0.466 e. The molecule has 2 aromatic heterocycles. The molecule has 23 heavy (non-hydrogen) atoms. The number of aromatic nitrogens is 2. The lowest BCUT2D eigenvalue weighted by atomic mass is 9.76. The maximum atomic E-state index is 12.6. The number of rotatable bonds is 4. The van der Waals surface area contributed by atoms with Crippen LogP contribution in [0.25, 0.3) is 10.2 Å². The molecule has 1 saturated heterocycles. The van der Waals surface area contributed by atoms with E-state index in [0.29, 0.717) is 13.2 Å². The number of thiophene rings is 1. The maximum Gasteiger partial charge on any atom is 0.314 e. The van der Waals surface area contributed by atoms with Gasteiger partial charge in [0.1, 0.15) is 17.0 Å². The molecule has 1 aliphatic heterocycles. The van der Waals surface area contributed by atoms with Crippen LogP contribution in [0.3, 0.4) is 0 Å². The molecule has 0 aromatic carbocycles. The standard InChI is InChI=1S/C17H23N3O2S/c1-5-22-16(21)17(11(2)3)6-7-20(9-17)14-13-8-12(4)23-15(13)19-10-18-14/h8,10-11H,5-7,9H2,1-4H3. The third kappa shape index (κ3) is 2.69. The van der Waals surface area contributed by atoms with Crippen molar-refractivity contribution in [2.24, 2.45) is 11.3 Å². The summed E-state index contributed by atoms with van der Waals surface area (Å²) in [4.78, 5) is 25.9. The number of nitrogens with zero attached hydrogens (tertiary/aromatic N) is 3. The molecule has 0 spiro atoms. The molecule has 6 heteroatoms. The van der Waals surface area contributed by atoms with Crippen LogP contribution < -0.4 is 4.90 Å². The minimum Gasteiger partial charge on any atom is -0.466 e. The molecule has 124 valence electrons. The Bertz CT molecular complexity index is 728. The predicted octanol–water partition coefficient (Wildman–Crippen LogP) is 3.42. The summed E-state index contributed by atoms with van der Waals surface area (Å²) in [6, 6.07) is 2.13. The molecule has 2 aromatic rings. The molecule has 3 rings (SSSR count). The topological polar surface area (TPSA) is 55.3 Å². The Kier molecular flexibility index (Phi) is 4.27. The van der Waals surface area contributed by atoms with E-state index >= 15 is 0 Å². The van der Waals surface area contributed by atoms with E-state index in [2.05, 4.69) is 41.7 Å². The van der Waals surface area contributed by atoms with E-state index in [9.17, 15) is 4.79 Å². The molecular formula is C17H23N3O2S. The van der Waals surface area contributed by atoms with Gasteiger partial charge < -0.3 is 9.64 Å². The van der Waals surface area contributed by atoms with E-state index in [4.69, 9.17) is 4.74 Å². The van der Waals surface area contributed by atoms with Crippen molar-refractivity contribution in [1.82, 2.24) is 9.97 Å². The number of ether oxygens (including phenoxy) is 1. The van der Waals surface area contributed by atoms with Crippen LogP contribution in [0.15, 0.2) is 12.4 Å². The number of hydrogen-bond donors (Lipinski definition) is 0. The quantitative estimate of drug-likeness (QED) is 0.803. The van der Waals surface area contributed by atoms with E-state index in [1.165, 1.54) is 4.88 Å². The van der Waals surface area contributed by atoms with Crippen LogP contribution in [-0.4, -0.2) is 35.6 Å². The van der Waals surface area contributed by atoms with Gasteiger partial charge in [0.05, 0.1) is 17.4 Å². The first kappa shape index (κ1) is 16.2. The molecule has 1 unspecified atom stereocenters. The van der Waals surface area contributed by atoms with Crippen molar-refractivity contribution in [3.8, 4) is 0 Å². The lowest BCUT2D eigenvalue weighted by Crippen LogP contribution is -2.40. The summed E-state index contributed by atoms with van der Waals surface area (Å²) < 4.78 is 5.37. The number of anilines is 1. The van der Waals surface area contributed by atoms with Crippen LogP contribution in [0.4, 0.5) is 5.82 Å². The highest BCUT2D eigenvalue weighted by atomic mass is 32.1. The highest BCUT2D eigenvalue weighted by molar-refractivity contribution is 7.18. The monoisotopic (exact) mass is 333 g/mol. The van der Waals surface area contributed by atoms with Crippen molar-refractivity contribution in [3.63, 3.8) is 0 Å². The van der Waals surface area contributed by atoms with Crippen LogP contribution in [0.5, 0.6) is 0 Å². The van der Waals surface area contributed by atoms with Crippen molar-refractivity contribution in [3.05, 3.63) is 17.3 Å². The summed E-state index contributed by atoms with van der Waals surface area (Å²) in [6.07, 6.45) is 2.42. The summed E-state index contributed by atoms with van der Waals surface area (Å²) in [5.74, 6) is 1.09. The molecule has 0 N–H and O–H groups in total. The predicted molar refractivity (Wildman–Crippen MR) is 92.9 cm³/mol. The van der Waals surface area contributed by atoms with Crippen molar-refractivity contribution in [2.75, 3.05) is 24.6 Å². The van der Waals surface area contributed by atoms with Gasteiger partial charge in [-0.25, -0.2) is 9.97 Å². The van der Waals surface area contributed by atoms with Gasteiger partial charge in [-0.05, 0) is 32.3 Å². The van der Waals surface area contributed by atoms with Gasteiger partial charge in [-0.2, -0.15) is 0 Å². The zero-order valence-electron chi connectivity index (χ0n) is 14.1. The van der Waals surface area contributed by atoms with Gasteiger partial charge in [0.15, 0.2) is 0 Å². The zero-order chi connectivity index (χ0) is 16.6. The Balaban J connectivity index is 1.95. The van der Waals surface area contributed by atoms with Crippen LogP contribution in [0, 0.1) is 18.3 Å². The van der Waals surface area contributed by atoms with E-state index in [1.54, 1.807) is 17.7 Å². The lowest BCUT2D eigenvalue weighted by molar-refractivity contribution is -0.156. The Hall–Kier alpha value is -1.69. The van der Waals surface area contributed by atoms with Gasteiger partial charge in [-0.15, -0.1) is 11.3 Å². The first-order chi connectivity index (χ1) is 11.0. The Labute approximate surface area is 140 Å². The summed E-state index contributed by atoms with van der Waals surface area (Å²) in [5.41, 5.74) is -0.446. The molecule has 0 bridgehead atoms. The third-order valence-corrected chi connectivity index (χ3v) is 5.78. The zero-order valence-corrected chi connectivity index (χ0v) is 14.9. The number of hydrogen-bond acceptors (Lipinski definition) is 6. The summed E-state index contributed by atoms with van der Waals surface area (Å²) in [7, 11) is 0. The fourth-order valence-electron chi connectivity index (χ4n) is 3.38. The van der Waals surface area contributed by atoms with Crippen LogP contribution in [0.2, 0.25) is 0 Å². The molecule has 1 aliphatic rings. The SMILES string of the molecule is CCOC(=O)C1(C(C)C)CCN(c2ncnc3sc(C)cc23)C1. The number of esters is 1. The van der Waals surface area contributed by atoms with Crippen LogP contribution in [0.1, 0.15) is 32.1 Å². The Morgan fingerprint density at radius 2 is 2.26 bits per heavy atom. The van der Waals surface area contributed by atoms with E-state index in [0.717, 1.165) is 29.0 Å². The van der Waals surface area contributed by atoms with Crippen molar-refractivity contribution in [1.29, 1.82) is 0 Å². The van der Waals surface area contributed by atoms with Gasteiger partial charge in [-0.3, -0.25) is 4.79 Å². The summed E-state index contributed by atoms with van der Waals surface area (Å²) in [5, 5.41) is 1.08. The fourth-order valence-corrected chi connectivity index (χ4v) is 4.22. The molecular weight excluding hydrogens is 310 g/mol. The second-order valence-corrected chi connectivity index (χ2v) is 7.71. The Morgan fingerprint density at radius 1 is 1.48 bits per heavy atom. The minimum absolute atomic E-state index is 0.0794. The Morgan fingerprint density at radius 3 is 2.96 bits per heavy atom. The lowest BCUT2D eigenvalue weighted by Gasteiger charge is -2.31. The van der Waals surface area contributed by atoms with Gasteiger partial charge in [-0.1, -0.05) is 13.8 Å². The molecule has 0 aliphatic carbocycles. The van der Waals surface area contributed by atoms with Gasteiger partial charge in [0, 0.05) is 18.0 Å². The van der Waals surface area contributed by atoms with E-state index in [1.807, 2.05) is 6.92 Å². The molecule has 0 radical (unpaired) electrons. The van der Waals surface area contributed by atoms with Gasteiger partial charge in [0.25, 0.3) is 0 Å². The third-order valence-electron chi connectivity index (χ3n) is 4.82. The molecule has 0 amide bonds. The van der Waals surface area contributed by atoms with Gasteiger partial charge >= 0.3 is 5.97 Å². The average Bonchev–Trinajstić information content (AvgIpc) is 3.10. The first-order valence-corrected chi connectivity index (χ1v) is 8.93. The molecule has 3 heterocycles. The van der Waals surface area contributed by atoms with Crippen LogP contribution >= 0.6 is 11.3 Å². The number of carbonyl (C=O) groups is 1. The second kappa shape index (κ2) is 6.07.